The van der Waals surface area contributed by atoms with Gasteiger partial charge in [0, 0.05) is 23.5 Å². The Labute approximate surface area is 81.7 Å². The van der Waals surface area contributed by atoms with Gasteiger partial charge < -0.3 is 5.32 Å². The molecular formula is C7H9FN2OS2. The fourth-order valence-corrected chi connectivity index (χ4v) is 3.24. The van der Waals surface area contributed by atoms with Crippen LogP contribution in [-0.4, -0.2) is 10.8 Å². The maximum absolute atomic E-state index is 13.5. The van der Waals surface area contributed by atoms with Crippen molar-refractivity contribution in [2.75, 3.05) is 6.54 Å². The molecule has 0 aliphatic carbocycles. The Morgan fingerprint density at radius 2 is 2.38 bits per heavy atom. The van der Waals surface area contributed by atoms with Crippen molar-refractivity contribution in [1.82, 2.24) is 5.32 Å². The highest BCUT2D eigenvalue weighted by molar-refractivity contribution is 7.85. The molecule has 1 atom stereocenters. The molecule has 1 aromatic rings. The van der Waals surface area contributed by atoms with Crippen LogP contribution in [-0.2, 0) is 24.0 Å². The summed E-state index contributed by atoms with van der Waals surface area (Å²) >= 11 is 1.23. The number of halogens is 1. The SMILES string of the molecule is NS(=O)c1sc2c(c1F)CNCC2. The lowest BCUT2D eigenvalue weighted by Gasteiger charge is -2.11. The third-order valence-electron chi connectivity index (χ3n) is 2.01. The minimum atomic E-state index is -1.69. The van der Waals surface area contributed by atoms with Crippen LogP contribution in [0.1, 0.15) is 10.4 Å². The zero-order valence-electron chi connectivity index (χ0n) is 6.80. The first-order valence-electron chi connectivity index (χ1n) is 3.87. The van der Waals surface area contributed by atoms with Crippen LogP contribution < -0.4 is 10.5 Å². The summed E-state index contributed by atoms with van der Waals surface area (Å²) in [6, 6.07) is 0. The molecule has 72 valence electrons. The summed E-state index contributed by atoms with van der Waals surface area (Å²) < 4.78 is 24.6. The third-order valence-corrected chi connectivity index (χ3v) is 4.36. The second kappa shape index (κ2) is 3.45. The zero-order chi connectivity index (χ0) is 9.42. The van der Waals surface area contributed by atoms with Gasteiger partial charge in [-0.1, -0.05) is 0 Å². The summed E-state index contributed by atoms with van der Waals surface area (Å²) in [5, 5.41) is 8.21. The first kappa shape index (κ1) is 9.26. The lowest BCUT2D eigenvalue weighted by molar-refractivity contribution is 0.559. The zero-order valence-corrected chi connectivity index (χ0v) is 8.43. The summed E-state index contributed by atoms with van der Waals surface area (Å²) in [4.78, 5) is 0.977. The van der Waals surface area contributed by atoms with Crippen LogP contribution in [0.3, 0.4) is 0 Å². The average Bonchev–Trinajstić information content (AvgIpc) is 2.45. The van der Waals surface area contributed by atoms with Crippen LogP contribution in [0, 0.1) is 5.82 Å². The fourth-order valence-electron chi connectivity index (χ4n) is 1.39. The van der Waals surface area contributed by atoms with E-state index in [9.17, 15) is 8.60 Å². The molecule has 1 aliphatic rings. The predicted molar refractivity (Wildman–Crippen MR) is 50.3 cm³/mol. The van der Waals surface area contributed by atoms with Gasteiger partial charge >= 0.3 is 0 Å². The van der Waals surface area contributed by atoms with Crippen molar-refractivity contribution in [3.05, 3.63) is 16.3 Å². The van der Waals surface area contributed by atoms with E-state index in [0.717, 1.165) is 17.8 Å². The molecule has 6 heteroatoms. The highest BCUT2D eigenvalue weighted by atomic mass is 32.2. The van der Waals surface area contributed by atoms with Gasteiger partial charge in [0.15, 0.2) is 5.82 Å². The van der Waals surface area contributed by atoms with E-state index in [1.807, 2.05) is 0 Å². The molecule has 1 unspecified atom stereocenters. The van der Waals surface area contributed by atoms with E-state index >= 15 is 0 Å². The Morgan fingerprint density at radius 3 is 3.00 bits per heavy atom. The Hall–Kier alpha value is -0.300. The second-order valence-corrected chi connectivity index (χ2v) is 5.20. The molecule has 13 heavy (non-hydrogen) atoms. The monoisotopic (exact) mass is 220 g/mol. The number of nitrogens with two attached hydrogens (primary N) is 1. The summed E-state index contributed by atoms with van der Waals surface area (Å²) in [5.41, 5.74) is 0.644. The van der Waals surface area contributed by atoms with Crippen LogP contribution in [0.2, 0.25) is 0 Å². The molecule has 3 nitrogen and oxygen atoms in total. The lowest BCUT2D eigenvalue weighted by atomic mass is 10.1. The molecule has 0 amide bonds. The molecule has 0 spiro atoms. The molecule has 0 saturated heterocycles. The van der Waals surface area contributed by atoms with Gasteiger partial charge in [-0.05, 0) is 6.42 Å². The molecule has 3 N–H and O–H groups in total. The largest absolute Gasteiger partial charge is 0.312 e. The Morgan fingerprint density at radius 1 is 1.62 bits per heavy atom. The van der Waals surface area contributed by atoms with E-state index in [1.54, 1.807) is 0 Å². The molecule has 0 bridgehead atoms. The second-order valence-electron chi connectivity index (χ2n) is 2.83. The van der Waals surface area contributed by atoms with Crippen molar-refractivity contribution in [3.8, 4) is 0 Å². The van der Waals surface area contributed by atoms with Gasteiger partial charge in [-0.25, -0.2) is 13.7 Å². The molecule has 1 aliphatic heterocycles. The molecule has 2 rings (SSSR count). The minimum absolute atomic E-state index is 0.175. The van der Waals surface area contributed by atoms with E-state index in [1.165, 1.54) is 11.3 Å². The lowest BCUT2D eigenvalue weighted by Crippen LogP contribution is -2.22. The fraction of sp³-hybridized carbons (Fsp3) is 0.429. The van der Waals surface area contributed by atoms with Crippen LogP contribution in [0.15, 0.2) is 4.21 Å². The Balaban J connectivity index is 2.50. The van der Waals surface area contributed by atoms with Gasteiger partial charge in [-0.3, -0.25) is 0 Å². The maximum Gasteiger partial charge on any atom is 0.156 e. The van der Waals surface area contributed by atoms with Gasteiger partial charge in [0.2, 0.25) is 0 Å². The van der Waals surface area contributed by atoms with E-state index in [2.05, 4.69) is 5.32 Å². The van der Waals surface area contributed by atoms with Gasteiger partial charge in [0.25, 0.3) is 0 Å². The van der Waals surface area contributed by atoms with Crippen molar-refractivity contribution in [2.24, 2.45) is 5.14 Å². The van der Waals surface area contributed by atoms with Gasteiger partial charge in [-0.15, -0.1) is 11.3 Å². The average molecular weight is 220 g/mol. The number of nitrogens with one attached hydrogen (secondary N) is 1. The molecule has 0 fully saturated rings. The number of hydrogen-bond donors (Lipinski definition) is 2. The third kappa shape index (κ3) is 1.54. The summed E-state index contributed by atoms with van der Waals surface area (Å²) in [5.74, 6) is -0.381. The Kier molecular flexibility index (Phi) is 2.46. The number of hydrogen-bond acceptors (Lipinski definition) is 3. The first-order valence-corrected chi connectivity index (χ1v) is 5.90. The van der Waals surface area contributed by atoms with Crippen LogP contribution in [0.5, 0.6) is 0 Å². The topological polar surface area (TPSA) is 55.1 Å². The van der Waals surface area contributed by atoms with Crippen LogP contribution in [0.4, 0.5) is 4.39 Å². The van der Waals surface area contributed by atoms with Crippen LogP contribution in [0.25, 0.3) is 0 Å². The molecular weight excluding hydrogens is 211 g/mol. The van der Waals surface area contributed by atoms with E-state index in [4.69, 9.17) is 5.14 Å². The minimum Gasteiger partial charge on any atom is -0.312 e. The first-order chi connectivity index (χ1) is 6.20. The molecule has 0 saturated carbocycles. The van der Waals surface area contributed by atoms with Crippen molar-refractivity contribution in [2.45, 2.75) is 17.2 Å². The molecule has 0 radical (unpaired) electrons. The van der Waals surface area contributed by atoms with Gasteiger partial charge in [0.05, 0.1) is 0 Å². The number of thiophene rings is 1. The Bertz CT molecular complexity index is 364. The van der Waals surface area contributed by atoms with E-state index in [-0.39, 0.29) is 10.0 Å². The summed E-state index contributed by atoms with van der Waals surface area (Å²) in [6.45, 7) is 1.37. The standard InChI is InChI=1S/C7H9FN2OS2/c8-6-4-3-10-2-1-5(4)12-7(6)13(9)11/h10H,1-3,9H2. The number of fused-ring (bicyclic) bond motifs is 1. The molecule has 0 aromatic carbocycles. The van der Waals surface area contributed by atoms with E-state index in [0.29, 0.717) is 12.1 Å². The predicted octanol–water partition coefficient (Wildman–Crippen LogP) is 0.514. The van der Waals surface area contributed by atoms with Crippen molar-refractivity contribution in [3.63, 3.8) is 0 Å². The van der Waals surface area contributed by atoms with Crippen molar-refractivity contribution in [1.29, 1.82) is 0 Å². The normalized spacial score (nSPS) is 18.3. The van der Waals surface area contributed by atoms with Gasteiger partial charge in [0.1, 0.15) is 15.2 Å². The van der Waals surface area contributed by atoms with Gasteiger partial charge in [-0.2, -0.15) is 0 Å². The highest BCUT2D eigenvalue weighted by Crippen LogP contribution is 2.30. The maximum atomic E-state index is 13.5. The van der Waals surface area contributed by atoms with E-state index < -0.39 is 11.0 Å². The quantitative estimate of drug-likeness (QED) is 0.724. The highest BCUT2D eigenvalue weighted by Gasteiger charge is 2.22. The molecule has 1 aromatic heterocycles. The van der Waals surface area contributed by atoms with Crippen LogP contribution >= 0.6 is 11.3 Å². The molecule has 2 heterocycles. The van der Waals surface area contributed by atoms with Crippen molar-refractivity contribution >= 4 is 22.3 Å². The smallest absolute Gasteiger partial charge is 0.156 e. The summed E-state index contributed by atoms with van der Waals surface area (Å²) in [6.07, 6.45) is 0.800. The number of rotatable bonds is 1. The van der Waals surface area contributed by atoms with Crippen molar-refractivity contribution < 1.29 is 8.60 Å². The summed E-state index contributed by atoms with van der Waals surface area (Å²) in [7, 11) is -1.69.